The van der Waals surface area contributed by atoms with Crippen molar-refractivity contribution in [1.29, 1.82) is 0 Å². The van der Waals surface area contributed by atoms with Gasteiger partial charge in [-0.3, -0.25) is 4.68 Å². The molecule has 0 fully saturated rings. The van der Waals surface area contributed by atoms with Gasteiger partial charge in [0, 0.05) is 36.4 Å². The highest BCUT2D eigenvalue weighted by atomic mass is 79.9. The second kappa shape index (κ2) is 7.52. The van der Waals surface area contributed by atoms with E-state index in [2.05, 4.69) is 26.3 Å². The minimum Gasteiger partial charge on any atom is -0.383 e. The van der Waals surface area contributed by atoms with Crippen LogP contribution in [0.4, 0.5) is 4.39 Å². The van der Waals surface area contributed by atoms with E-state index < -0.39 is 0 Å². The van der Waals surface area contributed by atoms with E-state index in [0.717, 1.165) is 28.7 Å². The minimum absolute atomic E-state index is 0.239. The molecule has 0 aliphatic heterocycles. The van der Waals surface area contributed by atoms with Gasteiger partial charge in [0.1, 0.15) is 5.82 Å². The molecule has 2 aromatic rings. The lowest BCUT2D eigenvalue weighted by atomic mass is 10.2. The number of rotatable bonds is 7. The van der Waals surface area contributed by atoms with Crippen molar-refractivity contribution in [2.45, 2.75) is 13.1 Å². The second-order valence-corrected chi connectivity index (χ2v) is 5.31. The molecule has 0 bridgehead atoms. The summed E-state index contributed by atoms with van der Waals surface area (Å²) < 4.78 is 20.9. The Labute approximate surface area is 126 Å². The van der Waals surface area contributed by atoms with Gasteiger partial charge in [-0.2, -0.15) is 5.10 Å². The van der Waals surface area contributed by atoms with Crippen molar-refractivity contribution in [3.63, 3.8) is 0 Å². The van der Waals surface area contributed by atoms with Crippen LogP contribution in [0.3, 0.4) is 0 Å². The molecule has 0 spiro atoms. The number of aromatic nitrogens is 2. The third-order valence-electron chi connectivity index (χ3n) is 2.84. The summed E-state index contributed by atoms with van der Waals surface area (Å²) >= 11 is 3.42. The Hall–Kier alpha value is -1.24. The highest BCUT2D eigenvalue weighted by Crippen LogP contribution is 2.18. The predicted octanol–water partition coefficient (Wildman–Crippen LogP) is 2.57. The Morgan fingerprint density at radius 1 is 1.45 bits per heavy atom. The van der Waals surface area contributed by atoms with Crippen molar-refractivity contribution in [3.05, 3.63) is 52.0 Å². The van der Waals surface area contributed by atoms with Crippen molar-refractivity contribution >= 4 is 15.9 Å². The van der Waals surface area contributed by atoms with Crippen LogP contribution in [0.5, 0.6) is 0 Å². The molecule has 0 aliphatic rings. The van der Waals surface area contributed by atoms with E-state index in [4.69, 9.17) is 4.74 Å². The van der Waals surface area contributed by atoms with Gasteiger partial charge in [0.2, 0.25) is 0 Å². The molecule has 0 amide bonds. The summed E-state index contributed by atoms with van der Waals surface area (Å²) in [6.07, 6.45) is 3.77. The molecule has 0 saturated heterocycles. The van der Waals surface area contributed by atoms with Gasteiger partial charge in [0.15, 0.2) is 0 Å². The fourth-order valence-electron chi connectivity index (χ4n) is 1.83. The van der Waals surface area contributed by atoms with Crippen LogP contribution in [0.15, 0.2) is 35.1 Å². The average molecular weight is 342 g/mol. The third-order valence-corrected chi connectivity index (χ3v) is 3.61. The topological polar surface area (TPSA) is 39.1 Å². The first-order chi connectivity index (χ1) is 9.69. The Bertz CT molecular complexity index is 559. The zero-order valence-electron chi connectivity index (χ0n) is 11.3. The zero-order valence-corrected chi connectivity index (χ0v) is 12.9. The monoisotopic (exact) mass is 341 g/mol. The van der Waals surface area contributed by atoms with Crippen LogP contribution in [-0.2, 0) is 17.8 Å². The summed E-state index contributed by atoms with van der Waals surface area (Å²) in [5, 5.41) is 7.54. The summed E-state index contributed by atoms with van der Waals surface area (Å²) in [6.45, 7) is 2.77. The summed E-state index contributed by atoms with van der Waals surface area (Å²) in [4.78, 5) is 0. The molecule has 6 heteroatoms. The number of nitrogens with one attached hydrogen (secondary N) is 1. The lowest BCUT2D eigenvalue weighted by Gasteiger charge is -2.05. The van der Waals surface area contributed by atoms with E-state index in [1.165, 1.54) is 12.1 Å². The van der Waals surface area contributed by atoms with Gasteiger partial charge in [-0.25, -0.2) is 4.39 Å². The van der Waals surface area contributed by atoms with E-state index in [0.29, 0.717) is 13.2 Å². The highest BCUT2D eigenvalue weighted by molar-refractivity contribution is 9.10. The molecule has 0 saturated carbocycles. The summed E-state index contributed by atoms with van der Waals surface area (Å²) in [5.74, 6) is -0.239. The molecule has 1 N–H and O–H groups in total. The molecule has 0 unspecified atom stereocenters. The smallest absolute Gasteiger partial charge is 0.123 e. The fourth-order valence-corrected chi connectivity index (χ4v) is 2.20. The molecule has 108 valence electrons. The second-order valence-electron chi connectivity index (χ2n) is 4.45. The number of benzene rings is 1. The standard InChI is InChI=1S/C14H17BrFN3O/c1-20-5-4-17-7-11-8-18-19(9-11)10-12-6-13(16)2-3-14(12)15/h2-3,6,8-9,17H,4-5,7,10H2,1H3. The van der Waals surface area contributed by atoms with Crippen LogP contribution in [0, 0.1) is 5.82 Å². The van der Waals surface area contributed by atoms with E-state index in [9.17, 15) is 4.39 Å². The molecule has 0 radical (unpaired) electrons. The van der Waals surface area contributed by atoms with Crippen molar-refractivity contribution in [2.75, 3.05) is 20.3 Å². The first-order valence-corrected chi connectivity index (χ1v) is 7.13. The van der Waals surface area contributed by atoms with Crippen molar-refractivity contribution in [1.82, 2.24) is 15.1 Å². The quantitative estimate of drug-likeness (QED) is 0.786. The Morgan fingerprint density at radius 2 is 2.30 bits per heavy atom. The fraction of sp³-hybridized carbons (Fsp3) is 0.357. The lowest BCUT2D eigenvalue weighted by molar-refractivity contribution is 0.199. The van der Waals surface area contributed by atoms with E-state index in [-0.39, 0.29) is 5.82 Å². The van der Waals surface area contributed by atoms with Gasteiger partial charge in [0.05, 0.1) is 19.3 Å². The van der Waals surface area contributed by atoms with Crippen molar-refractivity contribution < 1.29 is 9.13 Å². The summed E-state index contributed by atoms with van der Waals surface area (Å²) in [5.41, 5.74) is 1.96. The molecule has 1 aromatic heterocycles. The maximum absolute atomic E-state index is 13.2. The van der Waals surface area contributed by atoms with Gasteiger partial charge < -0.3 is 10.1 Å². The van der Waals surface area contributed by atoms with Crippen LogP contribution in [0.25, 0.3) is 0 Å². The van der Waals surface area contributed by atoms with Crippen LogP contribution in [-0.4, -0.2) is 30.0 Å². The molecule has 2 rings (SSSR count). The normalized spacial score (nSPS) is 10.9. The number of ether oxygens (including phenoxy) is 1. The highest BCUT2D eigenvalue weighted by Gasteiger charge is 2.04. The van der Waals surface area contributed by atoms with Crippen LogP contribution < -0.4 is 5.32 Å². The van der Waals surface area contributed by atoms with Crippen LogP contribution in [0.2, 0.25) is 0 Å². The number of hydrogen-bond acceptors (Lipinski definition) is 3. The van der Waals surface area contributed by atoms with Crippen molar-refractivity contribution in [2.24, 2.45) is 0 Å². The SMILES string of the molecule is COCCNCc1cnn(Cc2cc(F)ccc2Br)c1. The van der Waals surface area contributed by atoms with Crippen molar-refractivity contribution in [3.8, 4) is 0 Å². The molecule has 20 heavy (non-hydrogen) atoms. The number of nitrogens with zero attached hydrogens (tertiary/aromatic N) is 2. The summed E-state index contributed by atoms with van der Waals surface area (Å²) in [7, 11) is 1.68. The first-order valence-electron chi connectivity index (χ1n) is 6.34. The summed E-state index contributed by atoms with van der Waals surface area (Å²) in [6, 6.07) is 4.66. The van der Waals surface area contributed by atoms with Gasteiger partial charge in [-0.1, -0.05) is 15.9 Å². The maximum Gasteiger partial charge on any atom is 0.123 e. The van der Waals surface area contributed by atoms with E-state index >= 15 is 0 Å². The first kappa shape index (κ1) is 15.2. The number of hydrogen-bond donors (Lipinski definition) is 1. The lowest BCUT2D eigenvalue weighted by Crippen LogP contribution is -2.18. The largest absolute Gasteiger partial charge is 0.383 e. The molecule has 4 nitrogen and oxygen atoms in total. The van der Waals surface area contributed by atoms with Gasteiger partial charge in [0.25, 0.3) is 0 Å². The van der Waals surface area contributed by atoms with Crippen LogP contribution in [0.1, 0.15) is 11.1 Å². The Morgan fingerprint density at radius 3 is 3.10 bits per heavy atom. The van der Waals surface area contributed by atoms with Gasteiger partial charge in [-0.05, 0) is 23.8 Å². The molecule has 0 aliphatic carbocycles. The predicted molar refractivity (Wildman–Crippen MR) is 79.0 cm³/mol. The van der Waals surface area contributed by atoms with Gasteiger partial charge in [-0.15, -0.1) is 0 Å². The Balaban J connectivity index is 1.93. The maximum atomic E-state index is 13.2. The van der Waals surface area contributed by atoms with Gasteiger partial charge >= 0.3 is 0 Å². The number of halogens is 2. The zero-order chi connectivity index (χ0) is 14.4. The molecule has 0 atom stereocenters. The molecular formula is C14H17BrFN3O. The minimum atomic E-state index is -0.239. The Kier molecular flexibility index (Phi) is 5.70. The van der Waals surface area contributed by atoms with Crippen LogP contribution >= 0.6 is 15.9 Å². The molecular weight excluding hydrogens is 325 g/mol. The third kappa shape index (κ3) is 4.40. The van der Waals surface area contributed by atoms with E-state index in [1.807, 2.05) is 12.4 Å². The molecule has 1 aromatic carbocycles. The van der Waals surface area contributed by atoms with E-state index in [1.54, 1.807) is 17.9 Å². The average Bonchev–Trinajstić information content (AvgIpc) is 2.87. The number of methoxy groups -OCH3 is 1. The molecule has 1 heterocycles.